The Bertz CT molecular complexity index is 350. The molecule has 0 nitrogen and oxygen atoms in total. The molecule has 0 saturated heterocycles. The minimum Gasteiger partial charge on any atom is -0.207 e. The third kappa shape index (κ3) is 3.57. The summed E-state index contributed by atoms with van der Waals surface area (Å²) in [6.07, 6.45) is 10.4. The first kappa shape index (κ1) is 13.6. The van der Waals surface area contributed by atoms with Crippen molar-refractivity contribution in [2.45, 2.75) is 64.2 Å². The van der Waals surface area contributed by atoms with Crippen molar-refractivity contribution in [1.29, 1.82) is 0 Å². The molecular formula is C17H25F. The smallest absolute Gasteiger partial charge is 0.126 e. The lowest BCUT2D eigenvalue weighted by Crippen LogP contribution is -2.14. The second kappa shape index (κ2) is 6.92. The van der Waals surface area contributed by atoms with Crippen LogP contribution in [0.2, 0.25) is 0 Å². The van der Waals surface area contributed by atoms with Crippen LogP contribution in [0.15, 0.2) is 24.3 Å². The van der Waals surface area contributed by atoms with E-state index < -0.39 is 0 Å². The quantitative estimate of drug-likeness (QED) is 0.588. The van der Waals surface area contributed by atoms with E-state index in [1.54, 1.807) is 12.1 Å². The third-order valence-electron chi connectivity index (χ3n) is 4.41. The highest BCUT2D eigenvalue weighted by molar-refractivity contribution is 5.22. The van der Waals surface area contributed by atoms with Gasteiger partial charge in [-0.1, -0.05) is 50.8 Å². The summed E-state index contributed by atoms with van der Waals surface area (Å²) in [6.45, 7) is 2.26. The van der Waals surface area contributed by atoms with Gasteiger partial charge in [-0.15, -0.1) is 0 Å². The molecule has 0 N–H and O–H groups in total. The fraction of sp³-hybridized carbons (Fsp3) is 0.647. The molecule has 1 aliphatic carbocycles. The van der Waals surface area contributed by atoms with Crippen LogP contribution in [0.1, 0.15) is 69.8 Å². The zero-order valence-electron chi connectivity index (χ0n) is 11.5. The van der Waals surface area contributed by atoms with Crippen LogP contribution in [0.3, 0.4) is 0 Å². The Morgan fingerprint density at radius 3 is 2.44 bits per heavy atom. The molecule has 0 spiro atoms. The average molecular weight is 248 g/mol. The van der Waals surface area contributed by atoms with E-state index in [-0.39, 0.29) is 5.82 Å². The lowest BCUT2D eigenvalue weighted by molar-refractivity contribution is 0.299. The highest BCUT2D eigenvalue weighted by Crippen LogP contribution is 2.38. The zero-order chi connectivity index (χ0) is 12.8. The molecule has 1 aromatic rings. The van der Waals surface area contributed by atoms with E-state index in [1.807, 2.05) is 12.1 Å². The van der Waals surface area contributed by atoms with Crippen LogP contribution < -0.4 is 0 Å². The minimum absolute atomic E-state index is 0.00747. The monoisotopic (exact) mass is 248 g/mol. The third-order valence-corrected chi connectivity index (χ3v) is 4.41. The van der Waals surface area contributed by atoms with Crippen molar-refractivity contribution in [2.24, 2.45) is 5.92 Å². The van der Waals surface area contributed by atoms with E-state index in [0.29, 0.717) is 5.92 Å². The van der Waals surface area contributed by atoms with E-state index in [1.165, 1.54) is 51.4 Å². The molecule has 0 atom stereocenters. The summed E-state index contributed by atoms with van der Waals surface area (Å²) in [5, 5.41) is 0. The fourth-order valence-electron chi connectivity index (χ4n) is 3.25. The lowest BCUT2D eigenvalue weighted by Gasteiger charge is -2.29. The Kier molecular flexibility index (Phi) is 5.22. The average Bonchev–Trinajstić information content (AvgIpc) is 2.41. The van der Waals surface area contributed by atoms with Crippen LogP contribution in [0.5, 0.6) is 0 Å². The normalized spacial score (nSPS) is 24.1. The maximum atomic E-state index is 13.7. The summed E-state index contributed by atoms with van der Waals surface area (Å²) in [5.41, 5.74) is 0.949. The molecule has 0 aromatic heterocycles. The largest absolute Gasteiger partial charge is 0.207 e. The molecule has 0 unspecified atom stereocenters. The number of benzene rings is 1. The van der Waals surface area contributed by atoms with E-state index in [2.05, 4.69) is 6.92 Å². The van der Waals surface area contributed by atoms with Crippen LogP contribution >= 0.6 is 0 Å². The maximum Gasteiger partial charge on any atom is 0.126 e. The van der Waals surface area contributed by atoms with Gasteiger partial charge in [-0.25, -0.2) is 4.39 Å². The summed E-state index contributed by atoms with van der Waals surface area (Å²) >= 11 is 0. The van der Waals surface area contributed by atoms with Crippen LogP contribution in [-0.2, 0) is 0 Å². The Morgan fingerprint density at radius 1 is 1.06 bits per heavy atom. The molecule has 1 heteroatoms. The molecule has 1 fully saturated rings. The van der Waals surface area contributed by atoms with E-state index >= 15 is 0 Å². The van der Waals surface area contributed by atoms with Gasteiger partial charge < -0.3 is 0 Å². The first-order valence-electron chi connectivity index (χ1n) is 7.55. The Labute approximate surface area is 111 Å². The predicted molar refractivity (Wildman–Crippen MR) is 75.2 cm³/mol. The molecule has 1 saturated carbocycles. The van der Waals surface area contributed by atoms with Gasteiger partial charge in [0, 0.05) is 0 Å². The van der Waals surface area contributed by atoms with Crippen molar-refractivity contribution in [3.05, 3.63) is 35.6 Å². The molecule has 2 rings (SSSR count). The van der Waals surface area contributed by atoms with Crippen LogP contribution in [0.25, 0.3) is 0 Å². The first-order chi connectivity index (χ1) is 8.81. The number of rotatable bonds is 5. The highest BCUT2D eigenvalue weighted by atomic mass is 19.1. The predicted octanol–water partition coefficient (Wildman–Crippen LogP) is 5.68. The first-order valence-corrected chi connectivity index (χ1v) is 7.55. The lowest BCUT2D eigenvalue weighted by atomic mass is 9.77. The standard InChI is InChI=1S/C17H25F/c1-2-3-4-7-14-10-12-15(13-11-14)16-8-5-6-9-17(16)18/h5-6,8-9,14-15H,2-4,7,10-13H2,1H3. The van der Waals surface area contributed by atoms with Crippen LogP contribution in [0, 0.1) is 11.7 Å². The van der Waals surface area contributed by atoms with Gasteiger partial charge in [0.25, 0.3) is 0 Å². The molecular weight excluding hydrogens is 223 g/mol. The SMILES string of the molecule is CCCCCC1CCC(c2ccccc2F)CC1. The zero-order valence-corrected chi connectivity index (χ0v) is 11.5. The Morgan fingerprint density at radius 2 is 1.78 bits per heavy atom. The van der Waals surface area contributed by atoms with E-state index in [0.717, 1.165) is 11.5 Å². The number of hydrogen-bond acceptors (Lipinski definition) is 0. The van der Waals surface area contributed by atoms with Gasteiger partial charge in [0.1, 0.15) is 5.82 Å². The number of hydrogen-bond donors (Lipinski definition) is 0. The van der Waals surface area contributed by atoms with Gasteiger partial charge in [0.15, 0.2) is 0 Å². The van der Waals surface area contributed by atoms with Gasteiger partial charge in [0.05, 0.1) is 0 Å². The van der Waals surface area contributed by atoms with Crippen molar-refractivity contribution in [2.75, 3.05) is 0 Å². The maximum absolute atomic E-state index is 13.7. The molecule has 0 bridgehead atoms. The molecule has 100 valence electrons. The Hall–Kier alpha value is -0.850. The van der Waals surface area contributed by atoms with Gasteiger partial charge >= 0.3 is 0 Å². The molecule has 1 aliphatic rings. The minimum atomic E-state index is -0.00747. The second-order valence-electron chi connectivity index (χ2n) is 5.73. The highest BCUT2D eigenvalue weighted by Gasteiger charge is 2.23. The number of halogens is 1. The topological polar surface area (TPSA) is 0 Å². The Balaban J connectivity index is 1.81. The van der Waals surface area contributed by atoms with Crippen molar-refractivity contribution in [1.82, 2.24) is 0 Å². The number of unbranched alkanes of at least 4 members (excludes halogenated alkanes) is 2. The fourth-order valence-corrected chi connectivity index (χ4v) is 3.25. The van der Waals surface area contributed by atoms with Gasteiger partial charge in [-0.05, 0) is 49.1 Å². The summed E-state index contributed by atoms with van der Waals surface area (Å²) in [5.74, 6) is 1.36. The van der Waals surface area contributed by atoms with Gasteiger partial charge in [0.2, 0.25) is 0 Å². The molecule has 1 aromatic carbocycles. The van der Waals surface area contributed by atoms with Crippen molar-refractivity contribution in [3.63, 3.8) is 0 Å². The van der Waals surface area contributed by atoms with E-state index in [9.17, 15) is 4.39 Å². The molecule has 0 amide bonds. The van der Waals surface area contributed by atoms with E-state index in [4.69, 9.17) is 0 Å². The molecule has 18 heavy (non-hydrogen) atoms. The molecule has 0 radical (unpaired) electrons. The summed E-state index contributed by atoms with van der Waals surface area (Å²) in [7, 11) is 0. The second-order valence-corrected chi connectivity index (χ2v) is 5.73. The summed E-state index contributed by atoms with van der Waals surface area (Å²) in [6, 6.07) is 7.32. The molecule has 0 heterocycles. The van der Waals surface area contributed by atoms with Crippen LogP contribution in [-0.4, -0.2) is 0 Å². The summed E-state index contributed by atoms with van der Waals surface area (Å²) < 4.78 is 13.7. The van der Waals surface area contributed by atoms with Gasteiger partial charge in [-0.3, -0.25) is 0 Å². The van der Waals surface area contributed by atoms with Gasteiger partial charge in [-0.2, -0.15) is 0 Å². The summed E-state index contributed by atoms with van der Waals surface area (Å²) in [4.78, 5) is 0. The van der Waals surface area contributed by atoms with Crippen molar-refractivity contribution >= 4 is 0 Å². The van der Waals surface area contributed by atoms with Crippen LogP contribution in [0.4, 0.5) is 4.39 Å². The molecule has 0 aliphatic heterocycles. The van der Waals surface area contributed by atoms with Crippen molar-refractivity contribution < 1.29 is 4.39 Å². The van der Waals surface area contributed by atoms with Crippen molar-refractivity contribution in [3.8, 4) is 0 Å².